The zero-order chi connectivity index (χ0) is 7.44. The summed E-state index contributed by atoms with van der Waals surface area (Å²) in [5.74, 6) is -1.67. The molecule has 1 atom stereocenters. The maximum atomic E-state index is 10.5. The molecule has 0 aromatic rings. The normalized spacial score (nSPS) is 12.2. The van der Waals surface area contributed by atoms with Crippen molar-refractivity contribution < 1.29 is 9.59 Å². The van der Waals surface area contributed by atoms with Crippen LogP contribution in [0.5, 0.6) is 0 Å². The van der Waals surface area contributed by atoms with E-state index in [-0.39, 0.29) is 5.91 Å². The second kappa shape index (κ2) is 3.06. The number of rotatable bonds is 2. The molecule has 4 heteroatoms. The van der Waals surface area contributed by atoms with Crippen molar-refractivity contribution in [2.45, 2.75) is 6.92 Å². The van der Waals surface area contributed by atoms with E-state index in [0.29, 0.717) is 0 Å². The number of carbonyl (C=O) groups is 2. The van der Waals surface area contributed by atoms with Crippen LogP contribution in [0.4, 0.5) is 0 Å². The van der Waals surface area contributed by atoms with Crippen LogP contribution in [-0.2, 0) is 9.59 Å². The molecule has 0 aromatic heterocycles. The Hall–Kier alpha value is -1.06. The number of hydrogen-bond donors (Lipinski definition) is 2. The van der Waals surface area contributed by atoms with Gasteiger partial charge in [-0.05, 0) is 6.92 Å². The Morgan fingerprint density at radius 1 is 1.56 bits per heavy atom. The fraction of sp³-hybridized carbons (Fsp3) is 0.600. The van der Waals surface area contributed by atoms with Gasteiger partial charge in [-0.3, -0.25) is 9.59 Å². The van der Waals surface area contributed by atoms with Crippen molar-refractivity contribution in [3.63, 3.8) is 0 Å². The Morgan fingerprint density at radius 2 is 2.00 bits per heavy atom. The molecule has 0 saturated heterocycles. The third-order valence-electron chi connectivity index (χ3n) is 1.07. The van der Waals surface area contributed by atoms with E-state index in [9.17, 15) is 9.59 Å². The number of carbonyl (C=O) groups excluding carboxylic acids is 2. The van der Waals surface area contributed by atoms with E-state index in [2.05, 4.69) is 5.32 Å². The maximum absolute atomic E-state index is 10.5. The van der Waals surface area contributed by atoms with Gasteiger partial charge in [0.05, 0.1) is 0 Å². The van der Waals surface area contributed by atoms with E-state index in [4.69, 9.17) is 5.73 Å². The zero-order valence-electron chi connectivity index (χ0n) is 5.47. The summed E-state index contributed by atoms with van der Waals surface area (Å²) in [6.45, 7) is 1.46. The minimum atomic E-state index is -0.727. The van der Waals surface area contributed by atoms with Gasteiger partial charge in [0.2, 0.25) is 11.8 Å². The van der Waals surface area contributed by atoms with Gasteiger partial charge in [0, 0.05) is 7.05 Å². The average Bonchev–Trinajstić information content (AvgIpc) is 1.84. The highest BCUT2D eigenvalue weighted by Gasteiger charge is 2.15. The molecular formula is C5H10N2O2. The van der Waals surface area contributed by atoms with Crippen LogP contribution in [0.2, 0.25) is 0 Å². The molecule has 0 aliphatic heterocycles. The molecule has 0 aliphatic rings. The van der Waals surface area contributed by atoms with E-state index in [1.165, 1.54) is 14.0 Å². The summed E-state index contributed by atoms with van der Waals surface area (Å²) in [4.78, 5) is 20.8. The number of hydrogen-bond acceptors (Lipinski definition) is 2. The van der Waals surface area contributed by atoms with E-state index in [1.807, 2.05) is 0 Å². The summed E-state index contributed by atoms with van der Waals surface area (Å²) < 4.78 is 0. The molecule has 0 saturated carbocycles. The molecule has 0 rings (SSSR count). The van der Waals surface area contributed by atoms with Crippen LogP contribution in [0.3, 0.4) is 0 Å². The smallest absolute Gasteiger partial charge is 0.232 e. The lowest BCUT2D eigenvalue weighted by Crippen LogP contribution is -2.34. The van der Waals surface area contributed by atoms with E-state index in [0.717, 1.165) is 0 Å². The van der Waals surface area contributed by atoms with Crippen molar-refractivity contribution >= 4 is 11.8 Å². The van der Waals surface area contributed by atoms with Crippen molar-refractivity contribution in [1.29, 1.82) is 0 Å². The minimum Gasteiger partial charge on any atom is -0.369 e. The lowest BCUT2D eigenvalue weighted by molar-refractivity contribution is -0.132. The van der Waals surface area contributed by atoms with Crippen molar-refractivity contribution in [3.05, 3.63) is 0 Å². The molecule has 3 N–H and O–H groups in total. The molecule has 0 aromatic carbocycles. The van der Waals surface area contributed by atoms with Gasteiger partial charge in [-0.15, -0.1) is 0 Å². The quantitative estimate of drug-likeness (QED) is 0.463. The van der Waals surface area contributed by atoms with Crippen LogP contribution in [0.15, 0.2) is 0 Å². The predicted octanol–water partition coefficient (Wildman–Crippen LogP) is -1.15. The van der Waals surface area contributed by atoms with Crippen LogP contribution in [-0.4, -0.2) is 18.9 Å². The van der Waals surface area contributed by atoms with Crippen LogP contribution in [0.1, 0.15) is 6.92 Å². The first kappa shape index (κ1) is 7.94. The molecule has 0 bridgehead atoms. The summed E-state index contributed by atoms with van der Waals surface area (Å²) in [5.41, 5.74) is 4.81. The third-order valence-corrected chi connectivity index (χ3v) is 1.07. The molecule has 0 radical (unpaired) electrons. The first-order valence-corrected chi connectivity index (χ1v) is 2.60. The third kappa shape index (κ3) is 2.12. The van der Waals surface area contributed by atoms with Gasteiger partial charge < -0.3 is 11.1 Å². The molecule has 2 amide bonds. The SMILES string of the molecule is CNC(=O)[C@@H](C)C(N)=O. The summed E-state index contributed by atoms with van der Waals surface area (Å²) in [5, 5.41) is 2.31. The zero-order valence-corrected chi connectivity index (χ0v) is 5.47. The number of amides is 2. The Labute approximate surface area is 53.4 Å². The van der Waals surface area contributed by atoms with Gasteiger partial charge >= 0.3 is 0 Å². The molecule has 0 unspecified atom stereocenters. The molecule has 0 heterocycles. The Morgan fingerprint density at radius 3 is 2.11 bits per heavy atom. The molecule has 0 spiro atoms. The fourth-order valence-corrected chi connectivity index (χ4v) is 0.346. The van der Waals surface area contributed by atoms with Gasteiger partial charge in [-0.2, -0.15) is 0 Å². The second-order valence-electron chi connectivity index (χ2n) is 1.74. The van der Waals surface area contributed by atoms with Gasteiger partial charge in [0.1, 0.15) is 5.92 Å². The van der Waals surface area contributed by atoms with Crippen molar-refractivity contribution in [3.8, 4) is 0 Å². The topological polar surface area (TPSA) is 72.2 Å². The highest BCUT2D eigenvalue weighted by atomic mass is 16.2. The van der Waals surface area contributed by atoms with Crippen LogP contribution in [0.25, 0.3) is 0 Å². The van der Waals surface area contributed by atoms with E-state index >= 15 is 0 Å². The Balaban J connectivity index is 3.88. The molecule has 0 aliphatic carbocycles. The molecule has 52 valence electrons. The van der Waals surface area contributed by atoms with Crippen molar-refractivity contribution in [1.82, 2.24) is 5.32 Å². The monoisotopic (exact) mass is 130 g/mol. The van der Waals surface area contributed by atoms with Crippen LogP contribution < -0.4 is 11.1 Å². The van der Waals surface area contributed by atoms with E-state index < -0.39 is 11.8 Å². The van der Waals surface area contributed by atoms with E-state index in [1.54, 1.807) is 0 Å². The van der Waals surface area contributed by atoms with Crippen LogP contribution in [0, 0.1) is 5.92 Å². The Bertz CT molecular complexity index is 133. The molecule has 9 heavy (non-hydrogen) atoms. The number of nitrogens with one attached hydrogen (secondary N) is 1. The molecular weight excluding hydrogens is 120 g/mol. The first-order chi connectivity index (χ1) is 4.09. The Kier molecular flexibility index (Phi) is 2.70. The van der Waals surface area contributed by atoms with Crippen molar-refractivity contribution in [2.75, 3.05) is 7.05 Å². The molecule has 0 fully saturated rings. The molecule has 4 nitrogen and oxygen atoms in total. The fourth-order valence-electron chi connectivity index (χ4n) is 0.346. The summed E-state index contributed by atoms with van der Waals surface area (Å²) >= 11 is 0. The van der Waals surface area contributed by atoms with Gasteiger partial charge in [0.25, 0.3) is 0 Å². The standard InChI is InChI=1S/C5H10N2O2/c1-3(4(6)8)5(9)7-2/h3H,1-2H3,(H2,6,8)(H,7,9)/t3-/m0/s1. The largest absolute Gasteiger partial charge is 0.369 e. The van der Waals surface area contributed by atoms with Gasteiger partial charge in [0.15, 0.2) is 0 Å². The number of primary amides is 1. The summed E-state index contributed by atoms with van der Waals surface area (Å²) in [6, 6.07) is 0. The van der Waals surface area contributed by atoms with Gasteiger partial charge in [-0.1, -0.05) is 0 Å². The predicted molar refractivity (Wildman–Crippen MR) is 32.4 cm³/mol. The second-order valence-corrected chi connectivity index (χ2v) is 1.74. The summed E-state index contributed by atoms with van der Waals surface area (Å²) in [7, 11) is 1.46. The minimum absolute atomic E-state index is 0.345. The lowest BCUT2D eigenvalue weighted by Gasteiger charge is -2.02. The van der Waals surface area contributed by atoms with Crippen LogP contribution >= 0.6 is 0 Å². The van der Waals surface area contributed by atoms with Gasteiger partial charge in [-0.25, -0.2) is 0 Å². The number of nitrogens with two attached hydrogens (primary N) is 1. The lowest BCUT2D eigenvalue weighted by atomic mass is 10.1. The first-order valence-electron chi connectivity index (χ1n) is 2.60. The average molecular weight is 130 g/mol. The highest BCUT2D eigenvalue weighted by molar-refractivity contribution is 5.98. The summed E-state index contributed by atoms with van der Waals surface area (Å²) in [6.07, 6.45) is 0. The maximum Gasteiger partial charge on any atom is 0.232 e. The highest BCUT2D eigenvalue weighted by Crippen LogP contribution is 1.90. The van der Waals surface area contributed by atoms with Crippen molar-refractivity contribution in [2.24, 2.45) is 11.7 Å².